The van der Waals surface area contributed by atoms with E-state index in [4.69, 9.17) is 9.97 Å². The van der Waals surface area contributed by atoms with Crippen molar-refractivity contribution in [3.63, 3.8) is 0 Å². The van der Waals surface area contributed by atoms with Gasteiger partial charge < -0.3 is 0 Å². The highest BCUT2D eigenvalue weighted by Crippen LogP contribution is 2.59. The molecule has 13 rings (SSSR count). The summed E-state index contributed by atoms with van der Waals surface area (Å²) in [5, 5.41) is 12.6. The van der Waals surface area contributed by atoms with Gasteiger partial charge in [0.2, 0.25) is 0 Å². The van der Waals surface area contributed by atoms with E-state index in [2.05, 4.69) is 191 Å². The van der Waals surface area contributed by atoms with Gasteiger partial charge in [-0.15, -0.1) is 0 Å². The molecule has 0 fully saturated rings. The van der Waals surface area contributed by atoms with E-state index in [0.717, 1.165) is 44.3 Å². The van der Waals surface area contributed by atoms with E-state index >= 15 is 0 Å². The van der Waals surface area contributed by atoms with Crippen molar-refractivity contribution in [1.29, 1.82) is 0 Å². The Morgan fingerprint density at radius 1 is 0.317 bits per heavy atom. The Morgan fingerprint density at radius 2 is 0.783 bits per heavy atom. The van der Waals surface area contributed by atoms with E-state index in [9.17, 15) is 0 Å². The molecule has 60 heavy (non-hydrogen) atoms. The Balaban J connectivity index is 1.03. The molecule has 0 N–H and O–H groups in total. The van der Waals surface area contributed by atoms with Gasteiger partial charge in [-0.2, -0.15) is 0 Å². The molecule has 11 aromatic rings. The van der Waals surface area contributed by atoms with Crippen molar-refractivity contribution in [3.8, 4) is 44.8 Å². The second kappa shape index (κ2) is 11.7. The van der Waals surface area contributed by atoms with Crippen LogP contribution in [0.3, 0.4) is 0 Å². The molecular weight excluding hydrogens is 725 g/mol. The van der Waals surface area contributed by atoms with Crippen LogP contribution < -0.4 is 0 Å². The zero-order valence-electron chi connectivity index (χ0n) is 34.1. The van der Waals surface area contributed by atoms with Crippen molar-refractivity contribution < 1.29 is 0 Å². The minimum atomic E-state index is -0.226. The summed E-state index contributed by atoms with van der Waals surface area (Å²) in [6, 6.07) is 62.9. The van der Waals surface area contributed by atoms with Gasteiger partial charge in [-0.25, -0.2) is 9.97 Å². The number of fused-ring (bicyclic) bond motifs is 17. The summed E-state index contributed by atoms with van der Waals surface area (Å²) in [7, 11) is 0. The maximum absolute atomic E-state index is 5.48. The maximum atomic E-state index is 5.48. The molecular formula is C58H40N2. The third-order valence-corrected chi connectivity index (χ3v) is 14.2. The molecule has 0 aliphatic heterocycles. The maximum Gasteiger partial charge on any atom is 0.0972 e. The first-order valence-corrected chi connectivity index (χ1v) is 21.2. The van der Waals surface area contributed by atoms with Crippen molar-refractivity contribution in [2.45, 2.75) is 38.5 Å². The summed E-state index contributed by atoms with van der Waals surface area (Å²) in [6.07, 6.45) is 0. The molecule has 2 heteroatoms. The highest BCUT2D eigenvalue weighted by atomic mass is 14.8. The predicted molar refractivity (Wildman–Crippen MR) is 253 cm³/mol. The topological polar surface area (TPSA) is 25.8 Å². The average Bonchev–Trinajstić information content (AvgIpc) is 3.65. The molecule has 2 heterocycles. The SMILES string of the molecule is CC1(C)c2cc3c(cc2-c2cc4c5ccccc5c5ccccc5c4cc21)-c1c(cc(-c2ccc4ccc5ccc(-c6ccccc6)nc5c4n2)c2ccccc12)C3(C)C. The van der Waals surface area contributed by atoms with Gasteiger partial charge in [-0.05, 0) is 124 Å². The Bertz CT molecular complexity index is 3700. The van der Waals surface area contributed by atoms with Crippen LogP contribution in [0.1, 0.15) is 49.9 Å². The van der Waals surface area contributed by atoms with Crippen LogP contribution in [0.4, 0.5) is 0 Å². The van der Waals surface area contributed by atoms with Crippen LogP contribution in [0, 0.1) is 0 Å². The van der Waals surface area contributed by atoms with Gasteiger partial charge in [0, 0.05) is 32.7 Å². The van der Waals surface area contributed by atoms with Crippen LogP contribution in [0.15, 0.2) is 170 Å². The predicted octanol–water partition coefficient (Wildman–Crippen LogP) is 15.3. The van der Waals surface area contributed by atoms with Gasteiger partial charge in [-0.3, -0.25) is 0 Å². The van der Waals surface area contributed by atoms with Gasteiger partial charge in [0.15, 0.2) is 0 Å². The van der Waals surface area contributed by atoms with Crippen molar-refractivity contribution in [3.05, 3.63) is 192 Å². The molecule has 0 amide bonds. The number of pyridine rings is 2. The lowest BCUT2D eigenvalue weighted by Crippen LogP contribution is -2.19. The molecule has 2 nitrogen and oxygen atoms in total. The number of benzene rings is 9. The molecule has 0 saturated carbocycles. The van der Waals surface area contributed by atoms with E-state index in [1.807, 2.05) is 6.07 Å². The van der Waals surface area contributed by atoms with Crippen LogP contribution in [0.25, 0.3) is 110 Å². The van der Waals surface area contributed by atoms with Crippen molar-refractivity contribution in [1.82, 2.24) is 9.97 Å². The molecule has 0 saturated heterocycles. The molecule has 0 atom stereocenters. The number of rotatable bonds is 2. The van der Waals surface area contributed by atoms with Crippen molar-refractivity contribution in [2.24, 2.45) is 0 Å². The van der Waals surface area contributed by atoms with Crippen LogP contribution in [0.2, 0.25) is 0 Å². The van der Waals surface area contributed by atoms with E-state index in [1.54, 1.807) is 0 Å². The molecule has 0 unspecified atom stereocenters. The number of nitrogens with zero attached hydrogens (tertiary/aromatic N) is 2. The highest BCUT2D eigenvalue weighted by Gasteiger charge is 2.43. The first-order chi connectivity index (χ1) is 29.3. The molecule has 9 aromatic carbocycles. The fourth-order valence-electron chi connectivity index (χ4n) is 11.1. The lowest BCUT2D eigenvalue weighted by molar-refractivity contribution is 0.640. The lowest BCUT2D eigenvalue weighted by atomic mass is 9.77. The number of aromatic nitrogens is 2. The molecule has 0 bridgehead atoms. The quantitative estimate of drug-likeness (QED) is 0.164. The molecule has 0 spiro atoms. The first kappa shape index (κ1) is 33.8. The fourth-order valence-corrected chi connectivity index (χ4v) is 11.1. The van der Waals surface area contributed by atoms with Crippen molar-refractivity contribution >= 4 is 64.9 Å². The molecule has 2 aliphatic carbocycles. The minimum Gasteiger partial charge on any atom is -0.245 e. The van der Waals surface area contributed by atoms with Gasteiger partial charge in [0.05, 0.1) is 22.4 Å². The summed E-state index contributed by atoms with van der Waals surface area (Å²) in [5.74, 6) is 0. The van der Waals surface area contributed by atoms with E-state index < -0.39 is 0 Å². The summed E-state index contributed by atoms with van der Waals surface area (Å²) in [5.41, 5.74) is 16.6. The molecule has 282 valence electrons. The Hall–Kier alpha value is -7.16. The summed E-state index contributed by atoms with van der Waals surface area (Å²) >= 11 is 0. The Labute approximate surface area is 348 Å². The lowest BCUT2D eigenvalue weighted by Gasteiger charge is -2.26. The fraction of sp³-hybridized carbons (Fsp3) is 0.103. The van der Waals surface area contributed by atoms with E-state index in [0.29, 0.717) is 0 Å². The van der Waals surface area contributed by atoms with E-state index in [-0.39, 0.29) is 10.8 Å². The second-order valence-electron chi connectivity index (χ2n) is 18.1. The summed E-state index contributed by atoms with van der Waals surface area (Å²) in [4.78, 5) is 10.7. The Morgan fingerprint density at radius 3 is 1.45 bits per heavy atom. The normalized spacial score (nSPS) is 14.6. The molecule has 0 radical (unpaired) electrons. The highest BCUT2D eigenvalue weighted by molar-refractivity contribution is 6.26. The van der Waals surface area contributed by atoms with Crippen LogP contribution in [-0.2, 0) is 10.8 Å². The van der Waals surface area contributed by atoms with Gasteiger partial charge >= 0.3 is 0 Å². The minimum absolute atomic E-state index is 0.162. The first-order valence-electron chi connectivity index (χ1n) is 21.2. The van der Waals surface area contributed by atoms with Gasteiger partial charge in [-0.1, -0.05) is 161 Å². The standard InChI is InChI=1S/C58H40N2/c1-57(2)48-30-43-39-19-11-9-17-37(39)36-16-8-10-18-38(36)42(43)28-44(48)45-29-47-50(32-49(45)57)58(3,4)51-31-46(40-20-12-13-21-41(40)54(47)51)53-27-25-35-23-22-34-24-26-52(33-14-6-5-7-15-33)59-55(34)56(35)60-53/h5-32H,1-4H3. The average molecular weight is 765 g/mol. The van der Waals surface area contributed by atoms with Crippen LogP contribution >= 0.6 is 0 Å². The third kappa shape index (κ3) is 4.43. The number of hydrogen-bond acceptors (Lipinski definition) is 2. The summed E-state index contributed by atoms with van der Waals surface area (Å²) < 4.78 is 0. The second-order valence-corrected chi connectivity index (χ2v) is 18.1. The zero-order valence-corrected chi connectivity index (χ0v) is 34.1. The molecule has 2 aliphatic rings. The zero-order chi connectivity index (χ0) is 40.1. The van der Waals surface area contributed by atoms with Gasteiger partial charge in [0.1, 0.15) is 0 Å². The van der Waals surface area contributed by atoms with Crippen LogP contribution in [-0.4, -0.2) is 9.97 Å². The summed E-state index contributed by atoms with van der Waals surface area (Å²) in [6.45, 7) is 9.68. The number of hydrogen-bond donors (Lipinski definition) is 0. The van der Waals surface area contributed by atoms with Crippen LogP contribution in [0.5, 0.6) is 0 Å². The third-order valence-electron chi connectivity index (χ3n) is 14.2. The monoisotopic (exact) mass is 764 g/mol. The van der Waals surface area contributed by atoms with Crippen molar-refractivity contribution in [2.75, 3.05) is 0 Å². The Kier molecular flexibility index (Phi) is 6.61. The van der Waals surface area contributed by atoms with E-state index in [1.165, 1.54) is 87.6 Å². The smallest absolute Gasteiger partial charge is 0.0972 e. The largest absolute Gasteiger partial charge is 0.245 e. The van der Waals surface area contributed by atoms with Gasteiger partial charge in [0.25, 0.3) is 0 Å². The molecule has 2 aromatic heterocycles.